The minimum absolute atomic E-state index is 0.0362. The van der Waals surface area contributed by atoms with Gasteiger partial charge in [0.15, 0.2) is 5.78 Å². The van der Waals surface area contributed by atoms with Crippen LogP contribution in [0.5, 0.6) is 0 Å². The number of carbonyl (C=O) groups is 2. The van der Waals surface area contributed by atoms with Gasteiger partial charge in [-0.15, -0.1) is 0 Å². The predicted octanol–water partition coefficient (Wildman–Crippen LogP) is 1.22. The Kier molecular flexibility index (Phi) is 2.57. The van der Waals surface area contributed by atoms with E-state index in [1.807, 2.05) is 0 Å². The molecule has 0 spiro atoms. The van der Waals surface area contributed by atoms with Crippen LogP contribution in [0.2, 0.25) is 0 Å². The highest BCUT2D eigenvalue weighted by Gasteiger charge is 2.32. The van der Waals surface area contributed by atoms with Gasteiger partial charge in [-0.3, -0.25) is 9.59 Å². The van der Waals surface area contributed by atoms with E-state index >= 15 is 0 Å². The molecule has 0 aromatic heterocycles. The van der Waals surface area contributed by atoms with Gasteiger partial charge >= 0.3 is 0 Å². The third-order valence-electron chi connectivity index (χ3n) is 3.56. The van der Waals surface area contributed by atoms with Crippen LogP contribution in [0.4, 0.5) is 0 Å². The normalized spacial score (nSPS) is 33.1. The molecule has 1 amide bonds. The molecule has 1 aliphatic carbocycles. The van der Waals surface area contributed by atoms with Gasteiger partial charge in [-0.25, -0.2) is 0 Å². The van der Waals surface area contributed by atoms with Crippen LogP contribution < -0.4 is 0 Å². The maximum Gasteiger partial charge on any atom is 0.230 e. The van der Waals surface area contributed by atoms with Gasteiger partial charge in [-0.1, -0.05) is 19.8 Å². The summed E-state index contributed by atoms with van der Waals surface area (Å²) < 4.78 is 0. The molecular weight excluding hydrogens is 178 g/mol. The quantitative estimate of drug-likeness (QED) is 0.621. The Bertz CT molecular complexity index is 262. The molecule has 2 aliphatic rings. The molecule has 1 saturated carbocycles. The van der Waals surface area contributed by atoms with Crippen LogP contribution in [0.25, 0.3) is 0 Å². The molecule has 3 nitrogen and oxygen atoms in total. The number of hydrogen-bond donors (Lipinski definition) is 0. The lowest BCUT2D eigenvalue weighted by Gasteiger charge is -2.22. The third kappa shape index (κ3) is 1.81. The van der Waals surface area contributed by atoms with E-state index in [9.17, 15) is 9.59 Å². The Hall–Kier alpha value is -0.860. The molecule has 0 aromatic rings. The number of nitrogens with zero attached hydrogens (tertiary/aromatic N) is 1. The maximum atomic E-state index is 11.4. The molecule has 14 heavy (non-hydrogen) atoms. The van der Waals surface area contributed by atoms with Crippen molar-refractivity contribution in [2.75, 3.05) is 13.1 Å². The number of amides is 1. The van der Waals surface area contributed by atoms with Gasteiger partial charge in [0.25, 0.3) is 0 Å². The average molecular weight is 195 g/mol. The first-order valence-electron chi connectivity index (χ1n) is 5.46. The van der Waals surface area contributed by atoms with Crippen molar-refractivity contribution >= 4 is 11.7 Å². The van der Waals surface area contributed by atoms with Crippen molar-refractivity contribution in [2.24, 2.45) is 11.8 Å². The molecule has 2 fully saturated rings. The van der Waals surface area contributed by atoms with Crippen molar-refractivity contribution in [3.05, 3.63) is 0 Å². The molecule has 2 atom stereocenters. The SMILES string of the molecule is CC1CCCC1CN1CC(=O)CC1=O. The summed E-state index contributed by atoms with van der Waals surface area (Å²) in [4.78, 5) is 24.2. The van der Waals surface area contributed by atoms with E-state index in [-0.39, 0.29) is 18.1 Å². The van der Waals surface area contributed by atoms with E-state index in [4.69, 9.17) is 0 Å². The summed E-state index contributed by atoms with van der Waals surface area (Å²) in [5, 5.41) is 0. The van der Waals surface area contributed by atoms with Crippen LogP contribution in [0.1, 0.15) is 32.6 Å². The van der Waals surface area contributed by atoms with E-state index in [1.54, 1.807) is 4.90 Å². The fourth-order valence-electron chi connectivity index (χ4n) is 2.58. The second kappa shape index (κ2) is 3.71. The van der Waals surface area contributed by atoms with E-state index in [2.05, 4.69) is 6.92 Å². The highest BCUT2D eigenvalue weighted by atomic mass is 16.2. The Morgan fingerprint density at radius 1 is 1.36 bits per heavy atom. The highest BCUT2D eigenvalue weighted by molar-refractivity contribution is 6.05. The average Bonchev–Trinajstić information content (AvgIpc) is 2.62. The van der Waals surface area contributed by atoms with Gasteiger partial charge < -0.3 is 4.90 Å². The lowest BCUT2D eigenvalue weighted by Crippen LogP contribution is -2.31. The minimum Gasteiger partial charge on any atom is -0.335 e. The largest absolute Gasteiger partial charge is 0.335 e. The van der Waals surface area contributed by atoms with Crippen LogP contribution in [0, 0.1) is 11.8 Å². The number of carbonyl (C=O) groups excluding carboxylic acids is 2. The molecule has 3 heteroatoms. The first-order valence-corrected chi connectivity index (χ1v) is 5.46. The van der Waals surface area contributed by atoms with E-state index in [1.165, 1.54) is 19.3 Å². The third-order valence-corrected chi connectivity index (χ3v) is 3.56. The van der Waals surface area contributed by atoms with Gasteiger partial charge in [0.1, 0.15) is 0 Å². The van der Waals surface area contributed by atoms with Crippen LogP contribution in [-0.4, -0.2) is 29.7 Å². The van der Waals surface area contributed by atoms with Crippen molar-refractivity contribution < 1.29 is 9.59 Å². The highest BCUT2D eigenvalue weighted by Crippen LogP contribution is 2.32. The number of Topliss-reactive ketones (excluding diaryl/α,β-unsaturated/α-hetero) is 1. The molecule has 0 radical (unpaired) electrons. The van der Waals surface area contributed by atoms with E-state index in [0.29, 0.717) is 12.5 Å². The van der Waals surface area contributed by atoms with Crippen molar-refractivity contribution in [3.63, 3.8) is 0 Å². The van der Waals surface area contributed by atoms with Gasteiger partial charge in [-0.05, 0) is 18.3 Å². The van der Waals surface area contributed by atoms with Gasteiger partial charge in [0, 0.05) is 6.54 Å². The summed E-state index contributed by atoms with van der Waals surface area (Å²) in [5.74, 6) is 1.47. The molecule has 1 heterocycles. The zero-order valence-corrected chi connectivity index (χ0v) is 8.66. The minimum atomic E-state index is 0.0362. The lowest BCUT2D eigenvalue weighted by atomic mass is 9.98. The van der Waals surface area contributed by atoms with Gasteiger partial charge in [0.05, 0.1) is 13.0 Å². The van der Waals surface area contributed by atoms with Crippen molar-refractivity contribution in [1.82, 2.24) is 4.90 Å². The summed E-state index contributed by atoms with van der Waals surface area (Å²) in [7, 11) is 0. The Morgan fingerprint density at radius 3 is 2.64 bits per heavy atom. The molecule has 0 bridgehead atoms. The molecule has 2 rings (SSSR count). The number of likely N-dealkylation sites (tertiary alicyclic amines) is 1. The Labute approximate surface area is 84.5 Å². The summed E-state index contributed by atoms with van der Waals surface area (Å²) in [6.07, 6.45) is 3.92. The van der Waals surface area contributed by atoms with Crippen LogP contribution in [0.15, 0.2) is 0 Å². The molecular formula is C11H17NO2. The topological polar surface area (TPSA) is 37.4 Å². The lowest BCUT2D eigenvalue weighted by molar-refractivity contribution is -0.128. The van der Waals surface area contributed by atoms with E-state index < -0.39 is 0 Å². The first-order chi connectivity index (χ1) is 6.66. The number of hydrogen-bond acceptors (Lipinski definition) is 2. The summed E-state index contributed by atoms with van der Waals surface area (Å²) >= 11 is 0. The van der Waals surface area contributed by atoms with Crippen molar-refractivity contribution in [2.45, 2.75) is 32.6 Å². The fraction of sp³-hybridized carbons (Fsp3) is 0.818. The molecule has 0 aromatic carbocycles. The van der Waals surface area contributed by atoms with Crippen molar-refractivity contribution in [1.29, 1.82) is 0 Å². The van der Waals surface area contributed by atoms with E-state index in [0.717, 1.165) is 12.5 Å². The first kappa shape index (κ1) is 9.69. The summed E-state index contributed by atoms with van der Waals surface area (Å²) in [5.41, 5.74) is 0. The predicted molar refractivity (Wildman–Crippen MR) is 52.7 cm³/mol. The second-order valence-electron chi connectivity index (χ2n) is 4.66. The Balaban J connectivity index is 1.91. The summed E-state index contributed by atoms with van der Waals surface area (Å²) in [6.45, 7) is 3.42. The number of ketones is 1. The fourth-order valence-corrected chi connectivity index (χ4v) is 2.58. The van der Waals surface area contributed by atoms with Crippen LogP contribution in [0.3, 0.4) is 0 Å². The molecule has 1 aliphatic heterocycles. The van der Waals surface area contributed by atoms with Gasteiger partial charge in [-0.2, -0.15) is 0 Å². The zero-order chi connectivity index (χ0) is 10.1. The molecule has 78 valence electrons. The molecule has 1 saturated heterocycles. The maximum absolute atomic E-state index is 11.4. The molecule has 0 N–H and O–H groups in total. The van der Waals surface area contributed by atoms with Crippen LogP contribution >= 0.6 is 0 Å². The van der Waals surface area contributed by atoms with Gasteiger partial charge in [0.2, 0.25) is 5.91 Å². The van der Waals surface area contributed by atoms with Crippen molar-refractivity contribution in [3.8, 4) is 0 Å². The molecule has 2 unspecified atom stereocenters. The summed E-state index contributed by atoms with van der Waals surface area (Å²) in [6, 6.07) is 0. The second-order valence-corrected chi connectivity index (χ2v) is 4.66. The Morgan fingerprint density at radius 2 is 2.14 bits per heavy atom. The van der Waals surface area contributed by atoms with Crippen LogP contribution in [-0.2, 0) is 9.59 Å². The number of rotatable bonds is 2. The monoisotopic (exact) mass is 195 g/mol. The zero-order valence-electron chi connectivity index (χ0n) is 8.66. The standard InChI is InChI=1S/C11H17NO2/c1-8-3-2-4-9(8)6-12-7-10(13)5-11(12)14/h8-9H,2-7H2,1H3. The smallest absolute Gasteiger partial charge is 0.230 e.